The zero-order chi connectivity index (χ0) is 12.4. The van der Waals surface area contributed by atoms with Crippen molar-refractivity contribution in [2.45, 2.75) is 31.7 Å². The number of aromatic nitrogens is 1. The molecule has 0 atom stereocenters. The van der Waals surface area contributed by atoms with Gasteiger partial charge in [0.05, 0.1) is 5.02 Å². The molecule has 4 heteroatoms. The number of pyridine rings is 1. The molecule has 1 saturated carbocycles. The van der Waals surface area contributed by atoms with Gasteiger partial charge in [0.1, 0.15) is 5.82 Å². The summed E-state index contributed by atoms with van der Waals surface area (Å²) in [5, 5.41) is 0.711. The minimum atomic E-state index is 0.711. The van der Waals surface area contributed by atoms with E-state index in [4.69, 9.17) is 11.6 Å². The van der Waals surface area contributed by atoms with Crippen molar-refractivity contribution in [3.8, 4) is 0 Å². The molecular formula is C14H20ClN3. The van der Waals surface area contributed by atoms with E-state index in [0.717, 1.165) is 24.9 Å². The average Bonchev–Trinajstić information content (AvgIpc) is 2.94. The zero-order valence-electron chi connectivity index (χ0n) is 10.7. The molecule has 3 rings (SSSR count). The van der Waals surface area contributed by atoms with Gasteiger partial charge in [-0.2, -0.15) is 0 Å². The van der Waals surface area contributed by atoms with Gasteiger partial charge in [-0.15, -0.1) is 0 Å². The Morgan fingerprint density at radius 3 is 2.39 bits per heavy atom. The van der Waals surface area contributed by atoms with Crippen molar-refractivity contribution in [2.24, 2.45) is 0 Å². The summed E-state index contributed by atoms with van der Waals surface area (Å²) >= 11 is 5.87. The van der Waals surface area contributed by atoms with Crippen LogP contribution in [0.1, 0.15) is 25.7 Å². The van der Waals surface area contributed by atoms with E-state index < -0.39 is 0 Å². The third-order valence-corrected chi connectivity index (χ3v) is 4.41. The summed E-state index contributed by atoms with van der Waals surface area (Å²) in [6.45, 7) is 4.53. The topological polar surface area (TPSA) is 19.4 Å². The molecule has 1 aliphatic carbocycles. The normalized spacial score (nSPS) is 22.6. The SMILES string of the molecule is Clc1ccc(N2CCN(C3CCCC3)CC2)nc1. The van der Waals surface area contributed by atoms with Crippen LogP contribution in [0, 0.1) is 0 Å². The molecule has 1 saturated heterocycles. The molecule has 0 amide bonds. The van der Waals surface area contributed by atoms with Crippen molar-refractivity contribution in [2.75, 3.05) is 31.1 Å². The van der Waals surface area contributed by atoms with Crippen LogP contribution < -0.4 is 4.90 Å². The second-order valence-corrected chi connectivity index (χ2v) is 5.73. The summed E-state index contributed by atoms with van der Waals surface area (Å²) in [5.41, 5.74) is 0. The summed E-state index contributed by atoms with van der Waals surface area (Å²) in [7, 11) is 0. The van der Waals surface area contributed by atoms with E-state index in [-0.39, 0.29) is 0 Å². The monoisotopic (exact) mass is 265 g/mol. The highest BCUT2D eigenvalue weighted by atomic mass is 35.5. The summed E-state index contributed by atoms with van der Waals surface area (Å²) in [6, 6.07) is 4.80. The molecule has 18 heavy (non-hydrogen) atoms. The molecule has 2 fully saturated rings. The van der Waals surface area contributed by atoms with Gasteiger partial charge < -0.3 is 4.90 Å². The van der Waals surface area contributed by atoms with Gasteiger partial charge in [0.15, 0.2) is 0 Å². The molecule has 0 radical (unpaired) electrons. The minimum Gasteiger partial charge on any atom is -0.354 e. The summed E-state index contributed by atoms with van der Waals surface area (Å²) in [6.07, 6.45) is 7.38. The van der Waals surface area contributed by atoms with Gasteiger partial charge in [-0.05, 0) is 25.0 Å². The van der Waals surface area contributed by atoms with E-state index in [9.17, 15) is 0 Å². The number of hydrogen-bond acceptors (Lipinski definition) is 3. The number of halogens is 1. The van der Waals surface area contributed by atoms with E-state index in [2.05, 4.69) is 14.8 Å². The Hall–Kier alpha value is -0.800. The van der Waals surface area contributed by atoms with E-state index in [1.165, 1.54) is 38.8 Å². The molecule has 0 N–H and O–H groups in total. The largest absolute Gasteiger partial charge is 0.354 e. The Bertz CT molecular complexity index is 379. The van der Waals surface area contributed by atoms with Crippen LogP contribution in [0.4, 0.5) is 5.82 Å². The Kier molecular flexibility index (Phi) is 3.71. The number of rotatable bonds is 2. The van der Waals surface area contributed by atoms with Crippen LogP contribution in [0.5, 0.6) is 0 Å². The van der Waals surface area contributed by atoms with Crippen LogP contribution >= 0.6 is 11.6 Å². The molecule has 1 aliphatic heterocycles. The second-order valence-electron chi connectivity index (χ2n) is 5.30. The highest BCUT2D eigenvalue weighted by molar-refractivity contribution is 6.30. The highest BCUT2D eigenvalue weighted by Crippen LogP contribution is 2.25. The fraction of sp³-hybridized carbons (Fsp3) is 0.643. The van der Waals surface area contributed by atoms with Gasteiger partial charge >= 0.3 is 0 Å². The van der Waals surface area contributed by atoms with E-state index >= 15 is 0 Å². The second kappa shape index (κ2) is 5.45. The van der Waals surface area contributed by atoms with E-state index in [1.54, 1.807) is 6.20 Å². The summed E-state index contributed by atoms with van der Waals surface area (Å²) in [5.74, 6) is 1.06. The van der Waals surface area contributed by atoms with Crippen LogP contribution in [-0.4, -0.2) is 42.1 Å². The van der Waals surface area contributed by atoms with Crippen LogP contribution in [0.15, 0.2) is 18.3 Å². The molecule has 0 bridgehead atoms. The number of hydrogen-bond donors (Lipinski definition) is 0. The predicted octanol–water partition coefficient (Wildman–Crippen LogP) is 2.80. The van der Waals surface area contributed by atoms with Crippen molar-refractivity contribution in [1.82, 2.24) is 9.88 Å². The molecule has 1 aromatic heterocycles. The van der Waals surface area contributed by atoms with Crippen molar-refractivity contribution in [3.05, 3.63) is 23.4 Å². The van der Waals surface area contributed by atoms with E-state index in [1.807, 2.05) is 12.1 Å². The molecule has 1 aromatic rings. The van der Waals surface area contributed by atoms with Gasteiger partial charge in [0.25, 0.3) is 0 Å². The molecule has 0 unspecified atom stereocenters. The number of nitrogens with zero attached hydrogens (tertiary/aromatic N) is 3. The third-order valence-electron chi connectivity index (χ3n) is 4.19. The fourth-order valence-corrected chi connectivity index (χ4v) is 3.25. The number of anilines is 1. The quantitative estimate of drug-likeness (QED) is 0.820. The first-order valence-electron chi connectivity index (χ1n) is 6.93. The maximum absolute atomic E-state index is 5.87. The van der Waals surface area contributed by atoms with E-state index in [0.29, 0.717) is 5.02 Å². The van der Waals surface area contributed by atoms with Crippen LogP contribution in [-0.2, 0) is 0 Å². The molecule has 2 aliphatic rings. The van der Waals surface area contributed by atoms with Crippen molar-refractivity contribution < 1.29 is 0 Å². The molecule has 2 heterocycles. The van der Waals surface area contributed by atoms with Crippen molar-refractivity contribution >= 4 is 17.4 Å². The molecule has 3 nitrogen and oxygen atoms in total. The molecule has 0 spiro atoms. The standard InChI is InChI=1S/C14H20ClN3/c15-12-5-6-14(16-11-12)18-9-7-17(8-10-18)13-3-1-2-4-13/h5-6,11,13H,1-4,7-10H2. The lowest BCUT2D eigenvalue weighted by Crippen LogP contribution is -2.49. The summed E-state index contributed by atoms with van der Waals surface area (Å²) in [4.78, 5) is 9.43. The smallest absolute Gasteiger partial charge is 0.128 e. The molecule has 98 valence electrons. The van der Waals surface area contributed by atoms with Gasteiger partial charge in [0, 0.05) is 38.4 Å². The van der Waals surface area contributed by atoms with Crippen LogP contribution in [0.25, 0.3) is 0 Å². The van der Waals surface area contributed by atoms with Crippen LogP contribution in [0.3, 0.4) is 0 Å². The maximum Gasteiger partial charge on any atom is 0.128 e. The van der Waals surface area contributed by atoms with Crippen molar-refractivity contribution in [1.29, 1.82) is 0 Å². The van der Waals surface area contributed by atoms with Gasteiger partial charge in [0.2, 0.25) is 0 Å². The predicted molar refractivity (Wildman–Crippen MR) is 75.3 cm³/mol. The Labute approximate surface area is 114 Å². The molecule has 0 aromatic carbocycles. The lowest BCUT2D eigenvalue weighted by Gasteiger charge is -2.38. The maximum atomic E-state index is 5.87. The first kappa shape index (κ1) is 12.2. The summed E-state index contributed by atoms with van der Waals surface area (Å²) < 4.78 is 0. The molecular weight excluding hydrogens is 246 g/mol. The fourth-order valence-electron chi connectivity index (χ4n) is 3.14. The number of piperazine rings is 1. The lowest BCUT2D eigenvalue weighted by atomic mass is 10.2. The van der Waals surface area contributed by atoms with Gasteiger partial charge in [-0.3, -0.25) is 4.90 Å². The first-order chi connectivity index (χ1) is 8.83. The third kappa shape index (κ3) is 2.62. The Balaban J connectivity index is 1.57. The zero-order valence-corrected chi connectivity index (χ0v) is 11.4. The van der Waals surface area contributed by atoms with Crippen LogP contribution in [0.2, 0.25) is 5.02 Å². The average molecular weight is 266 g/mol. The Morgan fingerprint density at radius 2 is 1.78 bits per heavy atom. The van der Waals surface area contributed by atoms with Gasteiger partial charge in [-0.1, -0.05) is 24.4 Å². The van der Waals surface area contributed by atoms with Crippen molar-refractivity contribution in [3.63, 3.8) is 0 Å². The highest BCUT2D eigenvalue weighted by Gasteiger charge is 2.26. The first-order valence-corrected chi connectivity index (χ1v) is 7.31. The van der Waals surface area contributed by atoms with Gasteiger partial charge in [-0.25, -0.2) is 4.98 Å². The Morgan fingerprint density at radius 1 is 1.06 bits per heavy atom. The lowest BCUT2D eigenvalue weighted by molar-refractivity contribution is 0.187. The minimum absolute atomic E-state index is 0.711.